The molecule has 0 saturated heterocycles. The molecule has 0 aliphatic heterocycles. The number of aliphatic carboxylic acids is 1. The van der Waals surface area contributed by atoms with Crippen LogP contribution in [0.4, 0.5) is 5.69 Å². The van der Waals surface area contributed by atoms with Crippen molar-refractivity contribution in [2.45, 2.75) is 37.6 Å². The monoisotopic (exact) mass is 364 g/mol. The van der Waals surface area contributed by atoms with Gasteiger partial charge >= 0.3 is 5.97 Å². The van der Waals surface area contributed by atoms with Crippen LogP contribution in [-0.2, 0) is 24.8 Å². The number of unbranched alkanes of at least 4 members (excludes halogenated alkanes) is 1. The molecule has 0 aromatic heterocycles. The van der Waals surface area contributed by atoms with Crippen molar-refractivity contribution in [1.82, 2.24) is 4.72 Å². The minimum absolute atomic E-state index is 0.0127. The largest absolute Gasteiger partial charge is 0.480 e. The molecule has 0 heterocycles. The molecule has 0 aliphatic rings. The summed E-state index contributed by atoms with van der Waals surface area (Å²) in [5.74, 6) is -1.31. The Labute approximate surface area is 136 Å². The fourth-order valence-electron chi connectivity index (χ4n) is 1.62. The molecule has 1 rings (SSSR count). The summed E-state index contributed by atoms with van der Waals surface area (Å²) in [4.78, 5) is 10.6. The van der Waals surface area contributed by atoms with Crippen LogP contribution in [0.3, 0.4) is 0 Å². The highest BCUT2D eigenvalue weighted by Crippen LogP contribution is 2.16. The minimum atomic E-state index is -3.99. The molecule has 0 amide bonds. The molecule has 8 nitrogen and oxygen atoms in total. The van der Waals surface area contributed by atoms with Crippen molar-refractivity contribution >= 4 is 31.7 Å². The van der Waals surface area contributed by atoms with Crippen molar-refractivity contribution in [2.75, 3.05) is 10.5 Å². The molecule has 0 spiro atoms. The molecular formula is C13H20N2O6S2. The quantitative estimate of drug-likeness (QED) is 0.599. The second kappa shape index (κ2) is 7.75. The number of carbonyl (C=O) groups is 1. The van der Waals surface area contributed by atoms with Crippen molar-refractivity contribution in [1.29, 1.82) is 0 Å². The Morgan fingerprint density at radius 1 is 1.17 bits per heavy atom. The normalized spacial score (nSPS) is 13.5. The van der Waals surface area contributed by atoms with E-state index in [1.165, 1.54) is 31.2 Å². The molecule has 1 aromatic carbocycles. The topological polar surface area (TPSA) is 130 Å². The first-order chi connectivity index (χ1) is 10.6. The van der Waals surface area contributed by atoms with Crippen LogP contribution in [0.2, 0.25) is 0 Å². The summed E-state index contributed by atoms with van der Waals surface area (Å²) in [5.41, 5.74) is 0.242. The lowest BCUT2D eigenvalue weighted by Gasteiger charge is -2.11. The van der Waals surface area contributed by atoms with Crippen molar-refractivity contribution < 1.29 is 26.7 Å². The molecule has 1 unspecified atom stereocenters. The smallest absolute Gasteiger partial charge is 0.321 e. The van der Waals surface area contributed by atoms with Crippen LogP contribution in [0, 0.1) is 0 Å². The molecular weight excluding hydrogens is 344 g/mol. The van der Waals surface area contributed by atoms with Gasteiger partial charge in [-0.15, -0.1) is 0 Å². The molecule has 130 valence electrons. The van der Waals surface area contributed by atoms with E-state index in [1.807, 2.05) is 11.6 Å². The molecule has 0 radical (unpaired) electrons. The van der Waals surface area contributed by atoms with Gasteiger partial charge in [0.15, 0.2) is 0 Å². The number of carboxylic acids is 1. The van der Waals surface area contributed by atoms with Crippen molar-refractivity contribution in [3.8, 4) is 0 Å². The van der Waals surface area contributed by atoms with Gasteiger partial charge in [-0.1, -0.05) is 13.3 Å². The Balaban J connectivity index is 2.86. The Kier molecular flexibility index (Phi) is 6.54. The minimum Gasteiger partial charge on any atom is -0.480 e. The predicted octanol–water partition coefficient (Wildman–Crippen LogP) is 0.980. The molecule has 0 aliphatic carbocycles. The summed E-state index contributed by atoms with van der Waals surface area (Å²) in [6, 6.07) is 3.75. The van der Waals surface area contributed by atoms with Gasteiger partial charge in [-0.05, 0) is 37.6 Å². The molecule has 23 heavy (non-hydrogen) atoms. The highest BCUT2D eigenvalue weighted by atomic mass is 32.2. The third-order valence-electron chi connectivity index (χ3n) is 2.91. The molecule has 1 aromatic rings. The Morgan fingerprint density at radius 3 is 2.22 bits per heavy atom. The van der Waals surface area contributed by atoms with E-state index in [-0.39, 0.29) is 16.3 Å². The second-order valence-electron chi connectivity index (χ2n) is 4.98. The first kappa shape index (κ1) is 19.4. The number of hydrogen-bond acceptors (Lipinski definition) is 5. The highest BCUT2D eigenvalue weighted by molar-refractivity contribution is 7.92. The van der Waals surface area contributed by atoms with Gasteiger partial charge in [-0.3, -0.25) is 9.52 Å². The summed E-state index contributed by atoms with van der Waals surface area (Å²) in [7, 11) is -7.46. The number of carboxylic acid groups (broad SMARTS) is 1. The summed E-state index contributed by atoms with van der Waals surface area (Å²) in [6.07, 6.45) is 1.27. The lowest BCUT2D eigenvalue weighted by atomic mass is 10.3. The summed E-state index contributed by atoms with van der Waals surface area (Å²) < 4.78 is 51.8. The molecule has 10 heteroatoms. The Morgan fingerprint density at radius 2 is 1.74 bits per heavy atom. The first-order valence-electron chi connectivity index (χ1n) is 6.93. The van der Waals surface area contributed by atoms with Gasteiger partial charge in [0, 0.05) is 5.69 Å². The Bertz CT molecular complexity index is 741. The average Bonchev–Trinajstić information content (AvgIpc) is 2.44. The fraction of sp³-hybridized carbons (Fsp3) is 0.462. The van der Waals surface area contributed by atoms with Crippen LogP contribution < -0.4 is 9.44 Å². The van der Waals surface area contributed by atoms with Gasteiger partial charge in [0.05, 0.1) is 10.6 Å². The van der Waals surface area contributed by atoms with Crippen LogP contribution in [0.25, 0.3) is 0 Å². The lowest BCUT2D eigenvalue weighted by molar-refractivity contribution is -0.138. The van der Waals surface area contributed by atoms with Crippen LogP contribution in [0.15, 0.2) is 29.2 Å². The van der Waals surface area contributed by atoms with Gasteiger partial charge in [0.1, 0.15) is 6.04 Å². The number of rotatable bonds is 9. The number of sulfonamides is 2. The van der Waals surface area contributed by atoms with Crippen LogP contribution in [-0.4, -0.2) is 39.7 Å². The van der Waals surface area contributed by atoms with E-state index in [0.717, 1.165) is 6.42 Å². The SMILES string of the molecule is CCCCS(=O)(=O)Nc1ccc(S(=O)(=O)NC(C)C(=O)O)cc1. The molecule has 1 atom stereocenters. The summed E-state index contributed by atoms with van der Waals surface area (Å²) in [6.45, 7) is 3.08. The summed E-state index contributed by atoms with van der Waals surface area (Å²) >= 11 is 0. The van der Waals surface area contributed by atoms with Gasteiger partial charge in [-0.2, -0.15) is 4.72 Å². The third-order valence-corrected chi connectivity index (χ3v) is 5.84. The van der Waals surface area contributed by atoms with Crippen molar-refractivity contribution in [3.63, 3.8) is 0 Å². The van der Waals surface area contributed by atoms with E-state index in [4.69, 9.17) is 5.11 Å². The molecule has 0 fully saturated rings. The first-order valence-corrected chi connectivity index (χ1v) is 10.1. The van der Waals surface area contributed by atoms with E-state index in [0.29, 0.717) is 6.42 Å². The van der Waals surface area contributed by atoms with E-state index in [9.17, 15) is 21.6 Å². The highest BCUT2D eigenvalue weighted by Gasteiger charge is 2.21. The zero-order valence-electron chi connectivity index (χ0n) is 12.8. The maximum atomic E-state index is 12.0. The predicted molar refractivity (Wildman–Crippen MR) is 86.2 cm³/mol. The maximum Gasteiger partial charge on any atom is 0.321 e. The van der Waals surface area contributed by atoms with Crippen molar-refractivity contribution in [2.24, 2.45) is 0 Å². The molecule has 0 bridgehead atoms. The third kappa shape index (κ3) is 6.16. The van der Waals surface area contributed by atoms with E-state index in [1.54, 1.807) is 0 Å². The van der Waals surface area contributed by atoms with Crippen LogP contribution in [0.1, 0.15) is 26.7 Å². The number of hydrogen-bond donors (Lipinski definition) is 3. The van der Waals surface area contributed by atoms with Crippen molar-refractivity contribution in [3.05, 3.63) is 24.3 Å². The zero-order chi connectivity index (χ0) is 17.7. The molecule has 3 N–H and O–H groups in total. The average molecular weight is 364 g/mol. The Hall–Kier alpha value is -1.65. The van der Waals surface area contributed by atoms with E-state index in [2.05, 4.69) is 4.72 Å². The van der Waals surface area contributed by atoms with Crippen LogP contribution in [0.5, 0.6) is 0 Å². The van der Waals surface area contributed by atoms with Gasteiger partial charge in [0.2, 0.25) is 20.0 Å². The zero-order valence-corrected chi connectivity index (χ0v) is 14.4. The summed E-state index contributed by atoms with van der Waals surface area (Å²) in [5, 5.41) is 8.73. The van der Waals surface area contributed by atoms with E-state index >= 15 is 0 Å². The number of nitrogens with one attached hydrogen (secondary N) is 2. The van der Waals surface area contributed by atoms with Gasteiger partial charge in [-0.25, -0.2) is 16.8 Å². The number of benzene rings is 1. The number of anilines is 1. The second-order valence-corrected chi connectivity index (χ2v) is 8.54. The van der Waals surface area contributed by atoms with Gasteiger partial charge < -0.3 is 5.11 Å². The van der Waals surface area contributed by atoms with Gasteiger partial charge in [0.25, 0.3) is 0 Å². The maximum absolute atomic E-state index is 12.0. The standard InChI is InChI=1S/C13H20N2O6S2/c1-3-4-9-22(18,19)15-11-5-7-12(8-6-11)23(20,21)14-10(2)13(16)17/h5-8,10,14-15H,3-4,9H2,1-2H3,(H,16,17). The van der Waals surface area contributed by atoms with Crippen LogP contribution >= 0.6 is 0 Å². The lowest BCUT2D eigenvalue weighted by Crippen LogP contribution is -2.38. The fourth-order valence-corrected chi connectivity index (χ4v) is 4.08. The van der Waals surface area contributed by atoms with E-state index < -0.39 is 32.1 Å². The molecule has 0 saturated carbocycles.